The van der Waals surface area contributed by atoms with Crippen molar-refractivity contribution in [2.75, 3.05) is 0 Å². The first-order chi connectivity index (χ1) is 11.3. The Bertz CT molecular complexity index is 994. The summed E-state index contributed by atoms with van der Waals surface area (Å²) in [6.07, 6.45) is 13.8. The van der Waals surface area contributed by atoms with Gasteiger partial charge in [0.15, 0.2) is 0 Å². The molecule has 3 aromatic heterocycles. The molecule has 0 aromatic carbocycles. The van der Waals surface area contributed by atoms with E-state index in [1.807, 2.05) is 36.6 Å². The number of rotatable bonds is 3. The van der Waals surface area contributed by atoms with Crippen LogP contribution in [0.25, 0.3) is 18.2 Å². The molecule has 4 heterocycles. The van der Waals surface area contributed by atoms with Crippen molar-refractivity contribution in [3.8, 4) is 0 Å². The summed E-state index contributed by atoms with van der Waals surface area (Å²) in [4.78, 5) is 14.2. The fourth-order valence-electron chi connectivity index (χ4n) is 2.52. The third-order valence-corrected chi connectivity index (χ3v) is 3.59. The van der Waals surface area contributed by atoms with Gasteiger partial charge in [-0.25, -0.2) is 0 Å². The Morgan fingerprint density at radius 2 is 1.57 bits per heavy atom. The van der Waals surface area contributed by atoms with Crippen LogP contribution in [0.5, 0.6) is 0 Å². The van der Waals surface area contributed by atoms with Crippen LogP contribution in [0.1, 0.15) is 17.1 Å². The van der Waals surface area contributed by atoms with Gasteiger partial charge >= 0.3 is 0 Å². The van der Waals surface area contributed by atoms with E-state index < -0.39 is 0 Å². The summed E-state index contributed by atoms with van der Waals surface area (Å²) in [5.74, 6) is 0. The number of nitrogens with zero attached hydrogens (tertiary/aromatic N) is 1. The van der Waals surface area contributed by atoms with E-state index in [0.717, 1.165) is 33.5 Å². The number of hydrogen-bond donors (Lipinski definition) is 3. The molecule has 23 heavy (non-hydrogen) atoms. The van der Waals surface area contributed by atoms with Gasteiger partial charge in [0.25, 0.3) is 0 Å². The second kappa shape index (κ2) is 5.85. The predicted octanol–water partition coefficient (Wildman–Crippen LogP) is 2.31. The Labute approximate surface area is 133 Å². The van der Waals surface area contributed by atoms with Gasteiger partial charge in [0.05, 0.1) is 5.70 Å². The SMILES string of the molecule is C1=C/C(=C/c2ccc(/C=c3/cc/c(=C/c4ccc[nH]4)[nH]3)[nH]2)N=C1. The van der Waals surface area contributed by atoms with Gasteiger partial charge in [-0.2, -0.15) is 0 Å². The van der Waals surface area contributed by atoms with E-state index in [2.05, 4.69) is 56.4 Å². The molecule has 0 saturated heterocycles. The van der Waals surface area contributed by atoms with Gasteiger partial charge in [-0.1, -0.05) is 0 Å². The number of hydrogen-bond acceptors (Lipinski definition) is 1. The van der Waals surface area contributed by atoms with Crippen molar-refractivity contribution in [3.05, 3.63) is 88.2 Å². The second-order valence-corrected chi connectivity index (χ2v) is 5.36. The van der Waals surface area contributed by atoms with Gasteiger partial charge in [-0.15, -0.1) is 0 Å². The quantitative estimate of drug-likeness (QED) is 0.665. The Balaban J connectivity index is 1.60. The van der Waals surface area contributed by atoms with E-state index in [9.17, 15) is 0 Å². The molecule has 0 atom stereocenters. The second-order valence-electron chi connectivity index (χ2n) is 5.36. The van der Waals surface area contributed by atoms with Gasteiger partial charge in [0, 0.05) is 40.2 Å². The monoisotopic (exact) mass is 300 g/mol. The van der Waals surface area contributed by atoms with Crippen LogP contribution in [0.2, 0.25) is 0 Å². The van der Waals surface area contributed by atoms with Crippen LogP contribution >= 0.6 is 0 Å². The Kier molecular flexibility index (Phi) is 3.41. The van der Waals surface area contributed by atoms with Crippen LogP contribution in [0.3, 0.4) is 0 Å². The van der Waals surface area contributed by atoms with Gasteiger partial charge in [-0.05, 0) is 66.8 Å². The molecule has 1 aliphatic rings. The van der Waals surface area contributed by atoms with Crippen molar-refractivity contribution >= 4 is 24.4 Å². The summed E-state index contributed by atoms with van der Waals surface area (Å²) in [6, 6.07) is 12.3. The number of aliphatic imine (C=N–C) groups is 1. The molecule has 0 spiro atoms. The molecule has 0 bridgehead atoms. The van der Waals surface area contributed by atoms with Crippen LogP contribution < -0.4 is 10.7 Å². The lowest BCUT2D eigenvalue weighted by Crippen LogP contribution is -2.09. The van der Waals surface area contributed by atoms with Crippen LogP contribution in [0, 0.1) is 0 Å². The normalized spacial score (nSPS) is 17.0. The zero-order valence-electron chi connectivity index (χ0n) is 12.5. The zero-order valence-corrected chi connectivity index (χ0v) is 12.5. The molecular formula is C19H16N4. The van der Waals surface area contributed by atoms with Crippen LogP contribution in [0.4, 0.5) is 0 Å². The maximum Gasteiger partial charge on any atom is 0.0650 e. The number of aromatic nitrogens is 3. The average molecular weight is 300 g/mol. The molecule has 4 heteroatoms. The Morgan fingerprint density at radius 3 is 2.26 bits per heavy atom. The summed E-state index contributed by atoms with van der Waals surface area (Å²) in [7, 11) is 0. The topological polar surface area (TPSA) is 59.7 Å². The summed E-state index contributed by atoms with van der Waals surface area (Å²) in [6.45, 7) is 0. The summed E-state index contributed by atoms with van der Waals surface area (Å²) >= 11 is 0. The first kappa shape index (κ1) is 13.4. The largest absolute Gasteiger partial charge is 0.362 e. The van der Waals surface area contributed by atoms with E-state index in [0.29, 0.717) is 0 Å². The van der Waals surface area contributed by atoms with E-state index in [1.165, 1.54) is 0 Å². The molecule has 112 valence electrons. The van der Waals surface area contributed by atoms with Crippen molar-refractivity contribution in [2.24, 2.45) is 4.99 Å². The van der Waals surface area contributed by atoms with Gasteiger partial charge < -0.3 is 15.0 Å². The smallest absolute Gasteiger partial charge is 0.0650 e. The summed E-state index contributed by atoms with van der Waals surface area (Å²) < 4.78 is 0. The van der Waals surface area contributed by atoms with Crippen molar-refractivity contribution in [3.63, 3.8) is 0 Å². The van der Waals surface area contributed by atoms with Crippen molar-refractivity contribution < 1.29 is 0 Å². The predicted molar refractivity (Wildman–Crippen MR) is 94.4 cm³/mol. The molecule has 0 aliphatic carbocycles. The molecule has 0 radical (unpaired) electrons. The molecule has 0 amide bonds. The van der Waals surface area contributed by atoms with E-state index in [4.69, 9.17) is 0 Å². The molecule has 0 saturated carbocycles. The minimum absolute atomic E-state index is 0.959. The van der Waals surface area contributed by atoms with Gasteiger partial charge in [-0.3, -0.25) is 4.99 Å². The standard InChI is InChI=1S/C19H16N4/c1-3-14(20-9-1)11-16-5-7-18(22-16)13-19-8-6-17(23-19)12-15-4-2-10-21-15/h1-13,20,22-23H/b15-12-,16-11-,18-13-. The third-order valence-electron chi connectivity index (χ3n) is 3.59. The van der Waals surface area contributed by atoms with Gasteiger partial charge in [0.1, 0.15) is 0 Å². The molecule has 1 aliphatic heterocycles. The highest BCUT2D eigenvalue weighted by molar-refractivity contribution is 5.79. The van der Waals surface area contributed by atoms with Crippen LogP contribution in [-0.2, 0) is 0 Å². The minimum Gasteiger partial charge on any atom is -0.362 e. The van der Waals surface area contributed by atoms with Crippen LogP contribution in [0.15, 0.2) is 65.4 Å². The summed E-state index contributed by atoms with van der Waals surface area (Å²) in [5, 5.41) is 2.13. The Hall–Kier alpha value is -3.27. The lowest BCUT2D eigenvalue weighted by atomic mass is 10.3. The first-order valence-corrected chi connectivity index (χ1v) is 7.48. The number of nitrogens with one attached hydrogen (secondary N) is 3. The highest BCUT2D eigenvalue weighted by atomic mass is 14.8. The van der Waals surface area contributed by atoms with E-state index >= 15 is 0 Å². The molecule has 4 rings (SSSR count). The van der Waals surface area contributed by atoms with E-state index in [-0.39, 0.29) is 0 Å². The van der Waals surface area contributed by atoms with E-state index in [1.54, 1.807) is 6.21 Å². The molecule has 0 unspecified atom stereocenters. The summed E-state index contributed by atoms with van der Waals surface area (Å²) in [5.41, 5.74) is 4.13. The Morgan fingerprint density at radius 1 is 0.783 bits per heavy atom. The molecule has 3 aromatic rings. The minimum atomic E-state index is 0.959. The highest BCUT2D eigenvalue weighted by Gasteiger charge is 1.97. The molecule has 3 N–H and O–H groups in total. The molecule has 4 nitrogen and oxygen atoms in total. The molecule has 0 fully saturated rings. The van der Waals surface area contributed by atoms with Crippen molar-refractivity contribution in [1.29, 1.82) is 0 Å². The fourth-order valence-corrected chi connectivity index (χ4v) is 2.52. The maximum absolute atomic E-state index is 4.24. The van der Waals surface area contributed by atoms with Crippen molar-refractivity contribution in [1.82, 2.24) is 15.0 Å². The van der Waals surface area contributed by atoms with Crippen molar-refractivity contribution in [2.45, 2.75) is 0 Å². The molecular weight excluding hydrogens is 284 g/mol. The maximum atomic E-state index is 4.24. The van der Waals surface area contributed by atoms with Gasteiger partial charge in [0.2, 0.25) is 0 Å². The average Bonchev–Trinajstić information content (AvgIpc) is 3.31. The number of H-pyrrole nitrogens is 3. The zero-order chi connectivity index (χ0) is 15.5. The number of aromatic amines is 3. The highest BCUT2D eigenvalue weighted by Crippen LogP contribution is 2.11. The fraction of sp³-hybridized carbons (Fsp3) is 0. The first-order valence-electron chi connectivity index (χ1n) is 7.48. The van der Waals surface area contributed by atoms with Crippen LogP contribution in [-0.4, -0.2) is 21.2 Å². The number of allylic oxidation sites excluding steroid dienone is 2. The lowest BCUT2D eigenvalue weighted by Gasteiger charge is -1.89. The third kappa shape index (κ3) is 3.16. The lowest BCUT2D eigenvalue weighted by molar-refractivity contribution is 1.25.